The van der Waals surface area contributed by atoms with Crippen molar-refractivity contribution in [1.82, 2.24) is 14.4 Å². The molecule has 0 N–H and O–H groups in total. The molecule has 0 unspecified atom stereocenters. The van der Waals surface area contributed by atoms with Crippen LogP contribution in [0.25, 0.3) is 11.3 Å². The predicted molar refractivity (Wildman–Crippen MR) is 69.6 cm³/mol. The van der Waals surface area contributed by atoms with Crippen LogP contribution < -0.4 is 0 Å². The average Bonchev–Trinajstić information content (AvgIpc) is 2.79. The smallest absolute Gasteiger partial charge is 0.204 e. The van der Waals surface area contributed by atoms with Crippen molar-refractivity contribution in [2.45, 2.75) is 26.0 Å². The van der Waals surface area contributed by atoms with Crippen LogP contribution in [0.15, 0.2) is 30.5 Å². The molecular formula is C12H15N3O2S. The Bertz CT molecular complexity index is 642. The van der Waals surface area contributed by atoms with Gasteiger partial charge in [-0.2, -0.15) is 0 Å². The molecule has 0 aliphatic carbocycles. The zero-order valence-corrected chi connectivity index (χ0v) is 11.3. The van der Waals surface area contributed by atoms with Crippen LogP contribution >= 0.6 is 0 Å². The van der Waals surface area contributed by atoms with Crippen LogP contribution in [0.2, 0.25) is 0 Å². The van der Waals surface area contributed by atoms with Gasteiger partial charge >= 0.3 is 0 Å². The fourth-order valence-corrected chi connectivity index (χ4v) is 2.26. The summed E-state index contributed by atoms with van der Waals surface area (Å²) in [6, 6.07) is 7.69. The van der Waals surface area contributed by atoms with Crippen molar-refractivity contribution in [3.05, 3.63) is 36.0 Å². The van der Waals surface area contributed by atoms with Gasteiger partial charge in [0.05, 0.1) is 11.4 Å². The molecule has 2 aromatic rings. The summed E-state index contributed by atoms with van der Waals surface area (Å²) in [7, 11) is -3.43. The first-order valence-corrected chi connectivity index (χ1v) is 7.15. The number of hydrogen-bond donors (Lipinski definition) is 0. The number of aromatic nitrogens is 3. The second-order valence-electron chi connectivity index (χ2n) is 4.44. The van der Waals surface area contributed by atoms with E-state index in [-0.39, 0.29) is 0 Å². The normalized spacial score (nSPS) is 12.0. The summed E-state index contributed by atoms with van der Waals surface area (Å²) in [6.45, 7) is 5.22. The van der Waals surface area contributed by atoms with Crippen LogP contribution in [0.5, 0.6) is 0 Å². The third kappa shape index (κ3) is 2.28. The summed E-state index contributed by atoms with van der Waals surface area (Å²) in [5.41, 5.74) is 2.55. The number of aryl methyl sites for hydroxylation is 1. The SMILES string of the molecule is Cc1ccc(-c2cn(S(=O)(=O)C(C)C)nn2)cc1. The minimum Gasteiger partial charge on any atom is -0.204 e. The topological polar surface area (TPSA) is 64.8 Å². The van der Waals surface area contributed by atoms with Crippen LogP contribution in [0.3, 0.4) is 0 Å². The molecule has 2 rings (SSSR count). The van der Waals surface area contributed by atoms with Gasteiger partial charge in [-0.25, -0.2) is 8.42 Å². The van der Waals surface area contributed by atoms with Crippen molar-refractivity contribution in [1.29, 1.82) is 0 Å². The van der Waals surface area contributed by atoms with E-state index in [1.165, 1.54) is 6.20 Å². The first-order chi connectivity index (χ1) is 8.41. The zero-order valence-electron chi connectivity index (χ0n) is 10.5. The first-order valence-electron chi connectivity index (χ1n) is 5.65. The molecule has 5 nitrogen and oxygen atoms in total. The molecule has 1 aromatic heterocycles. The summed E-state index contributed by atoms with van der Waals surface area (Å²) in [4.78, 5) is 0. The van der Waals surface area contributed by atoms with Crippen LogP contribution in [-0.2, 0) is 10.0 Å². The maximum absolute atomic E-state index is 11.9. The molecule has 0 atom stereocenters. The van der Waals surface area contributed by atoms with Crippen molar-refractivity contribution < 1.29 is 8.42 Å². The molecule has 0 aliphatic heterocycles. The number of benzene rings is 1. The van der Waals surface area contributed by atoms with Crippen molar-refractivity contribution in [2.75, 3.05) is 0 Å². The van der Waals surface area contributed by atoms with E-state index in [4.69, 9.17) is 0 Å². The van der Waals surface area contributed by atoms with Gasteiger partial charge in [0, 0.05) is 5.56 Å². The lowest BCUT2D eigenvalue weighted by molar-refractivity contribution is 0.568. The van der Waals surface area contributed by atoms with Crippen molar-refractivity contribution in [3.8, 4) is 11.3 Å². The second-order valence-corrected chi connectivity index (χ2v) is 6.78. The van der Waals surface area contributed by atoms with E-state index in [1.54, 1.807) is 13.8 Å². The third-order valence-corrected chi connectivity index (χ3v) is 4.57. The molecule has 0 saturated carbocycles. The molecule has 0 radical (unpaired) electrons. The maximum atomic E-state index is 11.9. The van der Waals surface area contributed by atoms with Gasteiger partial charge in [-0.05, 0) is 20.8 Å². The molecular weight excluding hydrogens is 250 g/mol. The Balaban J connectivity index is 2.40. The van der Waals surface area contributed by atoms with Gasteiger partial charge in [0.2, 0.25) is 0 Å². The molecule has 0 amide bonds. The van der Waals surface area contributed by atoms with E-state index in [2.05, 4.69) is 10.3 Å². The molecule has 18 heavy (non-hydrogen) atoms. The highest BCUT2D eigenvalue weighted by molar-refractivity contribution is 7.90. The van der Waals surface area contributed by atoms with Crippen molar-refractivity contribution in [3.63, 3.8) is 0 Å². The van der Waals surface area contributed by atoms with Crippen molar-refractivity contribution >= 4 is 10.0 Å². The van der Waals surface area contributed by atoms with Gasteiger partial charge in [0.1, 0.15) is 5.69 Å². The monoisotopic (exact) mass is 265 g/mol. The van der Waals surface area contributed by atoms with Gasteiger partial charge < -0.3 is 0 Å². The van der Waals surface area contributed by atoms with Gasteiger partial charge in [-0.15, -0.1) is 9.19 Å². The molecule has 0 fully saturated rings. The lowest BCUT2D eigenvalue weighted by Crippen LogP contribution is -2.22. The van der Waals surface area contributed by atoms with Gasteiger partial charge in [0.25, 0.3) is 10.0 Å². The lowest BCUT2D eigenvalue weighted by Gasteiger charge is -2.05. The number of hydrogen-bond acceptors (Lipinski definition) is 4. The fraction of sp³-hybridized carbons (Fsp3) is 0.333. The Kier molecular flexibility index (Phi) is 3.21. The van der Waals surface area contributed by atoms with Crippen LogP contribution in [0, 0.1) is 6.92 Å². The molecule has 6 heteroatoms. The van der Waals surface area contributed by atoms with Crippen LogP contribution in [-0.4, -0.2) is 28.1 Å². The van der Waals surface area contributed by atoms with Crippen molar-refractivity contribution in [2.24, 2.45) is 0 Å². The summed E-state index contributed by atoms with van der Waals surface area (Å²) in [6.07, 6.45) is 1.44. The quantitative estimate of drug-likeness (QED) is 0.849. The van der Waals surface area contributed by atoms with E-state index >= 15 is 0 Å². The molecule has 1 aromatic carbocycles. The number of nitrogens with zero attached hydrogens (tertiary/aromatic N) is 3. The Morgan fingerprint density at radius 3 is 2.33 bits per heavy atom. The maximum Gasteiger partial charge on any atom is 0.257 e. The second kappa shape index (κ2) is 4.53. The van der Waals surface area contributed by atoms with Gasteiger partial charge in [-0.3, -0.25) is 0 Å². The highest BCUT2D eigenvalue weighted by atomic mass is 32.2. The summed E-state index contributed by atoms with van der Waals surface area (Å²) >= 11 is 0. The molecule has 96 valence electrons. The first kappa shape index (κ1) is 12.8. The van der Waals surface area contributed by atoms with Gasteiger partial charge in [0.15, 0.2) is 0 Å². The molecule has 0 aliphatic rings. The average molecular weight is 265 g/mol. The van der Waals surface area contributed by atoms with E-state index in [0.717, 1.165) is 15.2 Å². The summed E-state index contributed by atoms with van der Waals surface area (Å²) < 4.78 is 24.7. The largest absolute Gasteiger partial charge is 0.257 e. The third-order valence-electron chi connectivity index (χ3n) is 2.68. The van der Waals surface area contributed by atoms with Crippen LogP contribution in [0.1, 0.15) is 19.4 Å². The highest BCUT2D eigenvalue weighted by Crippen LogP contribution is 2.17. The minimum absolute atomic E-state index is 0.523. The zero-order chi connectivity index (χ0) is 13.3. The Labute approximate surface area is 107 Å². The predicted octanol–water partition coefficient (Wildman–Crippen LogP) is 1.84. The lowest BCUT2D eigenvalue weighted by atomic mass is 10.1. The van der Waals surface area contributed by atoms with Gasteiger partial charge in [-0.1, -0.05) is 35.0 Å². The highest BCUT2D eigenvalue weighted by Gasteiger charge is 2.20. The van der Waals surface area contributed by atoms with E-state index < -0.39 is 15.3 Å². The van der Waals surface area contributed by atoms with E-state index in [9.17, 15) is 8.42 Å². The Morgan fingerprint density at radius 1 is 1.17 bits per heavy atom. The Hall–Kier alpha value is -1.69. The Morgan fingerprint density at radius 2 is 1.78 bits per heavy atom. The summed E-state index contributed by atoms with van der Waals surface area (Å²) in [5, 5.41) is 7.06. The fourth-order valence-electron chi connectivity index (χ4n) is 1.45. The summed E-state index contributed by atoms with van der Waals surface area (Å²) in [5.74, 6) is 0. The number of rotatable bonds is 3. The molecule has 1 heterocycles. The standard InChI is InChI=1S/C12H15N3O2S/c1-9(2)18(16,17)15-8-12(13-14-15)11-6-4-10(3)5-7-11/h4-9H,1-3H3. The van der Waals surface area contributed by atoms with Crippen LogP contribution in [0.4, 0.5) is 0 Å². The molecule has 0 saturated heterocycles. The minimum atomic E-state index is -3.43. The van der Waals surface area contributed by atoms with E-state index in [1.807, 2.05) is 31.2 Å². The molecule has 0 spiro atoms. The molecule has 0 bridgehead atoms. The van der Waals surface area contributed by atoms with E-state index in [0.29, 0.717) is 5.69 Å².